The number of nitrogens with one attached hydrogen (secondary N) is 1. The van der Waals surface area contributed by atoms with Crippen molar-refractivity contribution in [1.82, 2.24) is 10.2 Å². The summed E-state index contributed by atoms with van der Waals surface area (Å²) < 4.78 is 0. The van der Waals surface area contributed by atoms with Crippen molar-refractivity contribution in [3.05, 3.63) is 35.9 Å². The number of nitrogens with zero attached hydrogens (tertiary/aromatic N) is 1. The molecule has 1 aromatic rings. The van der Waals surface area contributed by atoms with Crippen molar-refractivity contribution < 1.29 is 0 Å². The fourth-order valence-corrected chi connectivity index (χ4v) is 3.05. The highest BCUT2D eigenvalue weighted by Gasteiger charge is 2.20. The van der Waals surface area contributed by atoms with E-state index in [9.17, 15) is 0 Å². The highest BCUT2D eigenvalue weighted by Crippen LogP contribution is 2.21. The van der Waals surface area contributed by atoms with E-state index in [-0.39, 0.29) is 12.4 Å². The molecule has 1 aliphatic rings. The third-order valence-electron chi connectivity index (χ3n) is 4.00. The van der Waals surface area contributed by atoms with Crippen LogP contribution in [0.25, 0.3) is 0 Å². The van der Waals surface area contributed by atoms with E-state index < -0.39 is 0 Å². The second-order valence-electron chi connectivity index (χ2n) is 5.64. The zero-order valence-corrected chi connectivity index (χ0v) is 13.0. The Kier molecular flexibility index (Phi) is 7.44. The molecule has 0 bridgehead atoms. The molecule has 2 atom stereocenters. The van der Waals surface area contributed by atoms with E-state index in [1.54, 1.807) is 0 Å². The molecule has 1 fully saturated rings. The smallest absolute Gasteiger partial charge is 0.00477 e. The maximum absolute atomic E-state index is 3.32. The lowest BCUT2D eigenvalue weighted by Crippen LogP contribution is -2.40. The van der Waals surface area contributed by atoms with Crippen molar-refractivity contribution in [2.45, 2.75) is 25.7 Å². The van der Waals surface area contributed by atoms with Gasteiger partial charge in [-0.3, -0.25) is 0 Å². The molecule has 2 unspecified atom stereocenters. The Hall–Kier alpha value is -0.570. The lowest BCUT2D eigenvalue weighted by atomic mass is 9.95. The standard InChI is InChI=1S/C16H26N2.ClH/c1-14(16-8-4-3-5-9-16)12-18-10-6-7-15(13-18)11-17-2;/h3-5,8-9,14-15,17H,6-7,10-13H2,1-2H3;1H. The Balaban J connectivity index is 0.00000180. The largest absolute Gasteiger partial charge is 0.319 e. The van der Waals surface area contributed by atoms with Crippen molar-refractivity contribution in [3.8, 4) is 0 Å². The van der Waals surface area contributed by atoms with Crippen molar-refractivity contribution in [3.63, 3.8) is 0 Å². The summed E-state index contributed by atoms with van der Waals surface area (Å²) in [5.74, 6) is 1.48. The fourth-order valence-electron chi connectivity index (χ4n) is 3.05. The Bertz CT molecular complexity index is 340. The molecular formula is C16H27ClN2. The molecule has 1 N–H and O–H groups in total. The van der Waals surface area contributed by atoms with Crippen LogP contribution < -0.4 is 5.32 Å². The number of benzene rings is 1. The van der Waals surface area contributed by atoms with Crippen LogP contribution in [0.3, 0.4) is 0 Å². The van der Waals surface area contributed by atoms with Gasteiger partial charge in [0, 0.05) is 13.1 Å². The van der Waals surface area contributed by atoms with E-state index >= 15 is 0 Å². The van der Waals surface area contributed by atoms with E-state index in [1.165, 1.54) is 38.0 Å². The zero-order chi connectivity index (χ0) is 12.8. The average molecular weight is 283 g/mol. The Morgan fingerprint density at radius 1 is 1.32 bits per heavy atom. The summed E-state index contributed by atoms with van der Waals surface area (Å²) in [6, 6.07) is 10.9. The summed E-state index contributed by atoms with van der Waals surface area (Å²) in [5.41, 5.74) is 1.47. The Morgan fingerprint density at radius 2 is 2.05 bits per heavy atom. The number of halogens is 1. The first-order valence-corrected chi connectivity index (χ1v) is 7.21. The summed E-state index contributed by atoms with van der Waals surface area (Å²) in [4.78, 5) is 2.64. The van der Waals surface area contributed by atoms with Crippen LogP contribution in [-0.4, -0.2) is 38.1 Å². The third kappa shape index (κ3) is 5.13. The number of likely N-dealkylation sites (tertiary alicyclic amines) is 1. The first-order chi connectivity index (χ1) is 8.79. The molecule has 0 radical (unpaired) electrons. The minimum Gasteiger partial charge on any atom is -0.319 e. The van der Waals surface area contributed by atoms with Gasteiger partial charge in [-0.25, -0.2) is 0 Å². The summed E-state index contributed by atoms with van der Waals surface area (Å²) in [7, 11) is 2.06. The zero-order valence-electron chi connectivity index (χ0n) is 12.1. The van der Waals surface area contributed by atoms with Gasteiger partial charge in [0.05, 0.1) is 0 Å². The predicted molar refractivity (Wildman–Crippen MR) is 85.2 cm³/mol. The molecule has 19 heavy (non-hydrogen) atoms. The van der Waals surface area contributed by atoms with E-state index in [4.69, 9.17) is 0 Å². The summed E-state index contributed by atoms with van der Waals surface area (Å²) in [5, 5.41) is 3.32. The van der Waals surface area contributed by atoms with Crippen LogP contribution in [0.4, 0.5) is 0 Å². The van der Waals surface area contributed by atoms with Gasteiger partial charge in [-0.1, -0.05) is 37.3 Å². The van der Waals surface area contributed by atoms with Crippen LogP contribution >= 0.6 is 12.4 Å². The van der Waals surface area contributed by atoms with Crippen LogP contribution in [0.2, 0.25) is 0 Å². The van der Waals surface area contributed by atoms with E-state index in [1.807, 2.05) is 0 Å². The molecule has 1 heterocycles. The summed E-state index contributed by atoms with van der Waals surface area (Å²) >= 11 is 0. The quantitative estimate of drug-likeness (QED) is 0.893. The van der Waals surface area contributed by atoms with E-state index in [0.29, 0.717) is 5.92 Å². The second-order valence-corrected chi connectivity index (χ2v) is 5.64. The number of rotatable bonds is 5. The molecule has 1 aromatic carbocycles. The molecule has 1 aliphatic heterocycles. The van der Waals surface area contributed by atoms with Gasteiger partial charge in [-0.15, -0.1) is 12.4 Å². The number of hydrogen-bond acceptors (Lipinski definition) is 2. The van der Waals surface area contributed by atoms with Crippen LogP contribution in [0.5, 0.6) is 0 Å². The van der Waals surface area contributed by atoms with Crippen LogP contribution in [0.1, 0.15) is 31.2 Å². The minimum absolute atomic E-state index is 0. The minimum atomic E-state index is 0. The summed E-state index contributed by atoms with van der Waals surface area (Å²) in [6.45, 7) is 7.24. The normalized spacial score (nSPS) is 21.7. The first kappa shape index (κ1) is 16.5. The maximum atomic E-state index is 3.32. The molecule has 3 heteroatoms. The molecular weight excluding hydrogens is 256 g/mol. The molecule has 2 rings (SSSR count). The van der Waals surface area contributed by atoms with Crippen molar-refractivity contribution >= 4 is 12.4 Å². The Morgan fingerprint density at radius 3 is 2.74 bits per heavy atom. The van der Waals surface area contributed by atoms with Gasteiger partial charge in [0.1, 0.15) is 0 Å². The van der Waals surface area contributed by atoms with Gasteiger partial charge in [-0.05, 0) is 50.4 Å². The van der Waals surface area contributed by atoms with Gasteiger partial charge in [0.2, 0.25) is 0 Å². The van der Waals surface area contributed by atoms with E-state index in [0.717, 1.165) is 12.5 Å². The third-order valence-corrected chi connectivity index (χ3v) is 4.00. The molecule has 108 valence electrons. The van der Waals surface area contributed by atoms with Gasteiger partial charge in [0.25, 0.3) is 0 Å². The van der Waals surface area contributed by atoms with Crippen LogP contribution in [0, 0.1) is 5.92 Å². The molecule has 0 saturated carbocycles. The second kappa shape index (κ2) is 8.57. The molecule has 0 amide bonds. The lowest BCUT2D eigenvalue weighted by Gasteiger charge is -2.34. The molecule has 0 aliphatic carbocycles. The highest BCUT2D eigenvalue weighted by molar-refractivity contribution is 5.85. The van der Waals surface area contributed by atoms with Gasteiger partial charge >= 0.3 is 0 Å². The fraction of sp³-hybridized carbons (Fsp3) is 0.625. The summed E-state index contributed by atoms with van der Waals surface area (Å²) in [6.07, 6.45) is 2.74. The average Bonchev–Trinajstić information content (AvgIpc) is 2.40. The predicted octanol–water partition coefficient (Wildman–Crippen LogP) is 3.14. The van der Waals surface area contributed by atoms with Crippen LogP contribution in [-0.2, 0) is 0 Å². The number of hydrogen-bond donors (Lipinski definition) is 1. The molecule has 1 saturated heterocycles. The molecule has 0 spiro atoms. The van der Waals surface area contributed by atoms with Gasteiger partial charge < -0.3 is 10.2 Å². The van der Waals surface area contributed by atoms with Gasteiger partial charge in [0.15, 0.2) is 0 Å². The van der Waals surface area contributed by atoms with Crippen molar-refractivity contribution in [1.29, 1.82) is 0 Å². The van der Waals surface area contributed by atoms with E-state index in [2.05, 4.69) is 54.5 Å². The van der Waals surface area contributed by atoms with Crippen molar-refractivity contribution in [2.75, 3.05) is 33.2 Å². The topological polar surface area (TPSA) is 15.3 Å². The highest BCUT2D eigenvalue weighted by atomic mass is 35.5. The molecule has 2 nitrogen and oxygen atoms in total. The SMILES string of the molecule is CNCC1CCCN(CC(C)c2ccccc2)C1.Cl. The lowest BCUT2D eigenvalue weighted by molar-refractivity contribution is 0.167. The maximum Gasteiger partial charge on any atom is 0.00477 e. The first-order valence-electron chi connectivity index (χ1n) is 7.21. The molecule has 0 aromatic heterocycles. The Labute approximate surface area is 124 Å². The number of piperidine rings is 1. The monoisotopic (exact) mass is 282 g/mol. The van der Waals surface area contributed by atoms with Crippen LogP contribution in [0.15, 0.2) is 30.3 Å². The van der Waals surface area contributed by atoms with Crippen molar-refractivity contribution in [2.24, 2.45) is 5.92 Å². The van der Waals surface area contributed by atoms with Gasteiger partial charge in [-0.2, -0.15) is 0 Å².